The molecule has 13 heavy (non-hydrogen) atoms. The van der Waals surface area contributed by atoms with Crippen LogP contribution in [0.4, 0.5) is 0 Å². The second-order valence-corrected chi connectivity index (χ2v) is 3.84. The Morgan fingerprint density at radius 1 is 1.15 bits per heavy atom. The Morgan fingerprint density at radius 2 is 2.08 bits per heavy atom. The first-order chi connectivity index (χ1) is 6.45. The van der Waals surface area contributed by atoms with Crippen molar-refractivity contribution in [1.29, 1.82) is 0 Å². The zero-order chi connectivity index (χ0) is 8.67. The molecule has 0 saturated heterocycles. The number of hydrogen-bond acceptors (Lipinski definition) is 1. The van der Waals surface area contributed by atoms with Gasteiger partial charge < -0.3 is 5.32 Å². The number of hydrogen-bond donors (Lipinski definition) is 1. The molecule has 0 bridgehead atoms. The molecule has 1 nitrogen and oxygen atoms in total. The third kappa shape index (κ3) is 0.998. The van der Waals surface area contributed by atoms with E-state index < -0.39 is 0 Å². The fraction of sp³-hybridized carbons (Fsp3) is 0.333. The van der Waals surface area contributed by atoms with Crippen LogP contribution in [0.3, 0.4) is 0 Å². The molecular weight excluding hydrogens is 158 g/mol. The Balaban J connectivity index is 2.12. The Labute approximate surface area is 78.5 Å². The highest BCUT2D eigenvalue weighted by atomic mass is 14.9. The largest absolute Gasteiger partial charge is 0.385 e. The average Bonchev–Trinajstić information content (AvgIpc) is 2.56. The van der Waals surface area contributed by atoms with Gasteiger partial charge in [0.15, 0.2) is 0 Å². The Bertz CT molecular complexity index is 376. The van der Waals surface area contributed by atoms with Crippen LogP contribution in [0.1, 0.15) is 24.0 Å². The van der Waals surface area contributed by atoms with Gasteiger partial charge in [0.05, 0.1) is 0 Å². The van der Waals surface area contributed by atoms with Crippen molar-refractivity contribution in [3.8, 4) is 0 Å². The summed E-state index contributed by atoms with van der Waals surface area (Å²) in [4.78, 5) is 0. The summed E-state index contributed by atoms with van der Waals surface area (Å²) in [6.07, 6.45) is 3.77. The smallest absolute Gasteiger partial charge is 0.0411 e. The normalized spacial score (nSPS) is 19.4. The highest BCUT2D eigenvalue weighted by molar-refractivity contribution is 5.75. The van der Waals surface area contributed by atoms with Crippen molar-refractivity contribution >= 4 is 5.70 Å². The lowest BCUT2D eigenvalue weighted by molar-refractivity contribution is 0.713. The zero-order valence-corrected chi connectivity index (χ0v) is 7.64. The van der Waals surface area contributed by atoms with Gasteiger partial charge in [-0.15, -0.1) is 0 Å². The van der Waals surface area contributed by atoms with Crippen molar-refractivity contribution in [2.75, 3.05) is 6.54 Å². The molecular formula is C12H13N. The van der Waals surface area contributed by atoms with Crippen molar-refractivity contribution in [1.82, 2.24) is 5.32 Å². The summed E-state index contributed by atoms with van der Waals surface area (Å²) in [7, 11) is 0. The van der Waals surface area contributed by atoms with E-state index in [2.05, 4.69) is 29.6 Å². The summed E-state index contributed by atoms with van der Waals surface area (Å²) >= 11 is 0. The second kappa shape index (κ2) is 2.63. The fourth-order valence-corrected chi connectivity index (χ4v) is 2.38. The average molecular weight is 171 g/mol. The predicted molar refractivity (Wildman–Crippen MR) is 54.3 cm³/mol. The Kier molecular flexibility index (Phi) is 1.45. The van der Waals surface area contributed by atoms with E-state index in [9.17, 15) is 0 Å². The second-order valence-electron chi connectivity index (χ2n) is 3.84. The molecule has 0 amide bonds. The number of rotatable bonds is 0. The van der Waals surface area contributed by atoms with E-state index in [0.717, 1.165) is 6.54 Å². The van der Waals surface area contributed by atoms with E-state index in [1.807, 2.05) is 0 Å². The molecule has 0 fully saturated rings. The molecule has 66 valence electrons. The Hall–Kier alpha value is -1.24. The summed E-state index contributed by atoms with van der Waals surface area (Å²) < 4.78 is 0. The van der Waals surface area contributed by atoms with E-state index in [-0.39, 0.29) is 0 Å². The molecule has 3 rings (SSSR count). The molecule has 1 aromatic carbocycles. The van der Waals surface area contributed by atoms with Crippen molar-refractivity contribution in [3.63, 3.8) is 0 Å². The van der Waals surface area contributed by atoms with Crippen LogP contribution < -0.4 is 5.32 Å². The van der Waals surface area contributed by atoms with Crippen LogP contribution >= 0.6 is 0 Å². The van der Waals surface area contributed by atoms with Gasteiger partial charge in [-0.2, -0.15) is 0 Å². The SMILES string of the molecule is c1ccc2c(c1)CC1=C2NCCC1. The van der Waals surface area contributed by atoms with Crippen LogP contribution in [-0.4, -0.2) is 6.54 Å². The van der Waals surface area contributed by atoms with Gasteiger partial charge in [0.1, 0.15) is 0 Å². The van der Waals surface area contributed by atoms with Gasteiger partial charge in [0, 0.05) is 17.8 Å². The first-order valence-corrected chi connectivity index (χ1v) is 4.99. The quantitative estimate of drug-likeness (QED) is 0.631. The number of nitrogens with one attached hydrogen (secondary N) is 1. The molecule has 1 heteroatoms. The number of benzene rings is 1. The molecule has 0 aromatic heterocycles. The van der Waals surface area contributed by atoms with Crippen LogP contribution in [0.2, 0.25) is 0 Å². The van der Waals surface area contributed by atoms with E-state index in [1.165, 1.54) is 36.1 Å². The Morgan fingerprint density at radius 3 is 3.08 bits per heavy atom. The van der Waals surface area contributed by atoms with Crippen LogP contribution in [0, 0.1) is 0 Å². The minimum Gasteiger partial charge on any atom is -0.385 e. The van der Waals surface area contributed by atoms with Gasteiger partial charge in [-0.3, -0.25) is 0 Å². The molecule has 0 atom stereocenters. The summed E-state index contributed by atoms with van der Waals surface area (Å²) in [5.74, 6) is 0. The summed E-state index contributed by atoms with van der Waals surface area (Å²) in [6, 6.07) is 8.74. The molecule has 0 saturated carbocycles. The topological polar surface area (TPSA) is 12.0 Å². The van der Waals surface area contributed by atoms with Crippen molar-refractivity contribution in [2.24, 2.45) is 0 Å². The van der Waals surface area contributed by atoms with Crippen LogP contribution in [-0.2, 0) is 6.42 Å². The molecule has 1 aromatic rings. The van der Waals surface area contributed by atoms with E-state index in [1.54, 1.807) is 5.57 Å². The summed E-state index contributed by atoms with van der Waals surface area (Å²) in [5, 5.41) is 3.52. The van der Waals surface area contributed by atoms with Gasteiger partial charge in [0.2, 0.25) is 0 Å². The lowest BCUT2D eigenvalue weighted by Crippen LogP contribution is -2.18. The minimum absolute atomic E-state index is 1.15. The third-order valence-corrected chi connectivity index (χ3v) is 3.00. The molecule has 1 heterocycles. The lowest BCUT2D eigenvalue weighted by atomic mass is 10.0. The monoisotopic (exact) mass is 171 g/mol. The van der Waals surface area contributed by atoms with E-state index in [0.29, 0.717) is 0 Å². The summed E-state index contributed by atoms with van der Waals surface area (Å²) in [6.45, 7) is 1.15. The highest BCUT2D eigenvalue weighted by Crippen LogP contribution is 2.34. The van der Waals surface area contributed by atoms with Crippen LogP contribution in [0.15, 0.2) is 29.8 Å². The van der Waals surface area contributed by atoms with Crippen LogP contribution in [0.5, 0.6) is 0 Å². The third-order valence-electron chi connectivity index (χ3n) is 3.00. The van der Waals surface area contributed by atoms with Gasteiger partial charge in [-0.1, -0.05) is 24.3 Å². The summed E-state index contributed by atoms with van der Waals surface area (Å²) in [5.41, 5.74) is 5.99. The number of fused-ring (bicyclic) bond motifs is 2. The highest BCUT2D eigenvalue weighted by Gasteiger charge is 2.22. The molecule has 0 radical (unpaired) electrons. The maximum Gasteiger partial charge on any atom is 0.0411 e. The maximum atomic E-state index is 3.52. The standard InChI is InChI=1S/C12H13N/c1-2-6-11-9(4-1)8-10-5-3-7-13-12(10)11/h1-2,4,6,13H,3,5,7-8H2. The van der Waals surface area contributed by atoms with Crippen molar-refractivity contribution in [3.05, 3.63) is 41.0 Å². The lowest BCUT2D eigenvalue weighted by Gasteiger charge is -2.16. The predicted octanol–water partition coefficient (Wildman–Crippen LogP) is 2.34. The van der Waals surface area contributed by atoms with Crippen molar-refractivity contribution in [2.45, 2.75) is 19.3 Å². The van der Waals surface area contributed by atoms with Gasteiger partial charge in [-0.05, 0) is 30.4 Å². The van der Waals surface area contributed by atoms with Crippen LogP contribution in [0.25, 0.3) is 5.70 Å². The molecule has 1 N–H and O–H groups in total. The van der Waals surface area contributed by atoms with Gasteiger partial charge in [-0.25, -0.2) is 0 Å². The molecule has 2 aliphatic rings. The maximum absolute atomic E-state index is 3.52. The zero-order valence-electron chi connectivity index (χ0n) is 7.64. The molecule has 0 spiro atoms. The minimum atomic E-state index is 1.15. The first kappa shape index (κ1) is 7.19. The van der Waals surface area contributed by atoms with E-state index in [4.69, 9.17) is 0 Å². The molecule has 1 aliphatic carbocycles. The fourth-order valence-electron chi connectivity index (χ4n) is 2.38. The first-order valence-electron chi connectivity index (χ1n) is 4.99. The van der Waals surface area contributed by atoms with Crippen molar-refractivity contribution < 1.29 is 0 Å². The van der Waals surface area contributed by atoms with E-state index >= 15 is 0 Å². The molecule has 0 unspecified atom stereocenters. The molecule has 1 aliphatic heterocycles. The number of allylic oxidation sites excluding steroid dienone is 1. The van der Waals surface area contributed by atoms with Gasteiger partial charge in [0.25, 0.3) is 0 Å². The van der Waals surface area contributed by atoms with Gasteiger partial charge >= 0.3 is 0 Å².